The molecule has 1 aromatic carbocycles. The third kappa shape index (κ3) is 3.36. The Balaban J connectivity index is 2.22. The molecule has 6 heteroatoms. The van der Waals surface area contributed by atoms with Crippen LogP contribution in [0.5, 0.6) is 11.5 Å². The number of methoxy groups -OCH3 is 1. The van der Waals surface area contributed by atoms with Gasteiger partial charge in [0.25, 0.3) is 0 Å². The smallest absolute Gasteiger partial charge is 0.315 e. The molecule has 2 rings (SSSR count). The highest BCUT2D eigenvalue weighted by Crippen LogP contribution is 2.59. The van der Waals surface area contributed by atoms with Crippen molar-refractivity contribution in [2.24, 2.45) is 17.3 Å². The van der Waals surface area contributed by atoms with E-state index in [9.17, 15) is 14.9 Å². The summed E-state index contributed by atoms with van der Waals surface area (Å²) in [6.07, 6.45) is 2.05. The van der Waals surface area contributed by atoms with Gasteiger partial charge in [-0.05, 0) is 37.3 Å². The standard InChI is InChI=1S/C17H21NO5/c1-10(2)8-12-15(17(12,3)4)16(19)23-14-7-6-11(22-5)9-13(14)18(20)21/h6-9,12,15H,1-5H3. The first-order valence-corrected chi connectivity index (χ1v) is 7.37. The number of allylic oxidation sites excluding steroid dienone is 2. The molecule has 2 unspecified atom stereocenters. The summed E-state index contributed by atoms with van der Waals surface area (Å²) < 4.78 is 10.3. The molecule has 1 aromatic rings. The van der Waals surface area contributed by atoms with Crippen molar-refractivity contribution in [2.45, 2.75) is 27.7 Å². The number of nitrogens with zero attached hydrogens (tertiary/aromatic N) is 1. The summed E-state index contributed by atoms with van der Waals surface area (Å²) in [5.41, 5.74) is 0.652. The van der Waals surface area contributed by atoms with Gasteiger partial charge in [-0.25, -0.2) is 0 Å². The first-order chi connectivity index (χ1) is 10.7. The van der Waals surface area contributed by atoms with Crippen LogP contribution < -0.4 is 9.47 Å². The first-order valence-electron chi connectivity index (χ1n) is 7.37. The second-order valence-electron chi connectivity index (χ2n) is 6.58. The van der Waals surface area contributed by atoms with Gasteiger partial charge in [0.2, 0.25) is 5.75 Å². The Morgan fingerprint density at radius 2 is 2.00 bits per heavy atom. The number of rotatable bonds is 5. The van der Waals surface area contributed by atoms with Gasteiger partial charge in [-0.1, -0.05) is 25.5 Å². The molecule has 0 amide bonds. The van der Waals surface area contributed by atoms with E-state index in [2.05, 4.69) is 0 Å². The van der Waals surface area contributed by atoms with Crippen molar-refractivity contribution in [2.75, 3.05) is 7.11 Å². The SMILES string of the molecule is COc1ccc(OC(=O)C2C(C=C(C)C)C2(C)C)c([N+](=O)[O-])c1. The fraction of sp³-hybridized carbons (Fsp3) is 0.471. The normalized spacial score (nSPS) is 21.3. The van der Waals surface area contributed by atoms with Crippen molar-refractivity contribution < 1.29 is 19.2 Å². The Bertz CT molecular complexity index is 674. The largest absolute Gasteiger partial charge is 0.496 e. The summed E-state index contributed by atoms with van der Waals surface area (Å²) in [4.78, 5) is 23.0. The van der Waals surface area contributed by atoms with Gasteiger partial charge >= 0.3 is 11.7 Å². The molecule has 0 aliphatic heterocycles. The minimum Gasteiger partial charge on any atom is -0.496 e. The number of esters is 1. The van der Waals surface area contributed by atoms with Crippen molar-refractivity contribution in [3.8, 4) is 11.5 Å². The topological polar surface area (TPSA) is 78.7 Å². The highest BCUT2D eigenvalue weighted by Gasteiger charge is 2.61. The van der Waals surface area contributed by atoms with Crippen LogP contribution in [0.1, 0.15) is 27.7 Å². The van der Waals surface area contributed by atoms with Crippen LogP contribution in [0.3, 0.4) is 0 Å². The average Bonchev–Trinajstić information content (AvgIpc) is 2.99. The lowest BCUT2D eigenvalue weighted by atomic mass is 10.1. The van der Waals surface area contributed by atoms with Crippen molar-refractivity contribution >= 4 is 11.7 Å². The van der Waals surface area contributed by atoms with Crippen LogP contribution in [0.4, 0.5) is 5.69 Å². The van der Waals surface area contributed by atoms with Gasteiger partial charge in [-0.3, -0.25) is 14.9 Å². The fourth-order valence-corrected chi connectivity index (χ4v) is 2.82. The van der Waals surface area contributed by atoms with Gasteiger partial charge in [0.05, 0.1) is 24.0 Å². The lowest BCUT2D eigenvalue weighted by Crippen LogP contribution is -2.14. The minimum atomic E-state index is -0.587. The number of ether oxygens (including phenoxy) is 2. The van der Waals surface area contributed by atoms with E-state index in [4.69, 9.17) is 9.47 Å². The van der Waals surface area contributed by atoms with Gasteiger partial charge in [-0.15, -0.1) is 0 Å². The van der Waals surface area contributed by atoms with Crippen molar-refractivity contribution in [3.05, 3.63) is 40.0 Å². The average molecular weight is 319 g/mol. The van der Waals surface area contributed by atoms with E-state index in [-0.39, 0.29) is 28.7 Å². The van der Waals surface area contributed by atoms with Crippen molar-refractivity contribution in [1.29, 1.82) is 0 Å². The van der Waals surface area contributed by atoms with Crippen LogP contribution >= 0.6 is 0 Å². The molecule has 0 saturated heterocycles. The maximum Gasteiger partial charge on any atom is 0.315 e. The van der Waals surface area contributed by atoms with Gasteiger partial charge in [0, 0.05) is 0 Å². The van der Waals surface area contributed by atoms with E-state index in [1.165, 1.54) is 25.3 Å². The van der Waals surface area contributed by atoms with E-state index in [1.54, 1.807) is 0 Å². The van der Waals surface area contributed by atoms with Crippen LogP contribution in [0.25, 0.3) is 0 Å². The van der Waals surface area contributed by atoms with Crippen LogP contribution in [0, 0.1) is 27.4 Å². The van der Waals surface area contributed by atoms with Gasteiger partial charge < -0.3 is 9.47 Å². The summed E-state index contributed by atoms with van der Waals surface area (Å²) in [5.74, 6) is -0.354. The first kappa shape index (κ1) is 17.0. The number of nitro groups is 1. The Kier molecular flexibility index (Phi) is 4.45. The van der Waals surface area contributed by atoms with Crippen LogP contribution in [-0.2, 0) is 4.79 Å². The monoisotopic (exact) mass is 319 g/mol. The quantitative estimate of drug-likeness (QED) is 0.271. The number of carbonyl (C=O) groups excluding carboxylic acids is 1. The summed E-state index contributed by atoms with van der Waals surface area (Å²) in [7, 11) is 1.42. The molecule has 1 aliphatic rings. The molecule has 2 atom stereocenters. The molecule has 1 fully saturated rings. The molecule has 0 heterocycles. The predicted octanol–water partition coefficient (Wildman–Crippen LogP) is 3.75. The maximum atomic E-state index is 12.4. The predicted molar refractivity (Wildman–Crippen MR) is 85.5 cm³/mol. The summed E-state index contributed by atoms with van der Waals surface area (Å²) in [6.45, 7) is 7.94. The van der Waals surface area contributed by atoms with Crippen molar-refractivity contribution in [3.63, 3.8) is 0 Å². The number of hydrogen-bond acceptors (Lipinski definition) is 5. The lowest BCUT2D eigenvalue weighted by molar-refractivity contribution is -0.385. The van der Waals surface area contributed by atoms with E-state index < -0.39 is 10.9 Å². The number of benzene rings is 1. The molecule has 6 nitrogen and oxygen atoms in total. The second-order valence-corrected chi connectivity index (χ2v) is 6.58. The Labute approximate surface area is 135 Å². The van der Waals surface area contributed by atoms with E-state index >= 15 is 0 Å². The zero-order valence-electron chi connectivity index (χ0n) is 14.0. The minimum absolute atomic E-state index is 0.0561. The molecule has 0 aromatic heterocycles. The Morgan fingerprint density at radius 1 is 1.35 bits per heavy atom. The van der Waals surface area contributed by atoms with E-state index in [1.807, 2.05) is 33.8 Å². The Morgan fingerprint density at radius 3 is 2.52 bits per heavy atom. The summed E-state index contributed by atoms with van der Waals surface area (Å²) >= 11 is 0. The molecule has 1 saturated carbocycles. The molecular formula is C17H21NO5. The lowest BCUT2D eigenvalue weighted by Gasteiger charge is -2.07. The molecule has 0 N–H and O–H groups in total. The van der Waals surface area contributed by atoms with Gasteiger partial charge in [-0.2, -0.15) is 0 Å². The van der Waals surface area contributed by atoms with Crippen molar-refractivity contribution in [1.82, 2.24) is 0 Å². The zero-order valence-corrected chi connectivity index (χ0v) is 14.0. The Hall–Kier alpha value is -2.37. The molecule has 0 radical (unpaired) electrons. The highest BCUT2D eigenvalue weighted by molar-refractivity contribution is 5.81. The summed E-state index contributed by atoms with van der Waals surface area (Å²) in [6, 6.07) is 4.16. The fourth-order valence-electron chi connectivity index (χ4n) is 2.82. The number of carbonyl (C=O) groups is 1. The summed E-state index contributed by atoms with van der Waals surface area (Å²) in [5, 5.41) is 11.1. The third-order valence-corrected chi connectivity index (χ3v) is 4.25. The molecule has 23 heavy (non-hydrogen) atoms. The van der Waals surface area contributed by atoms with Crippen LogP contribution in [0.15, 0.2) is 29.8 Å². The number of nitro benzene ring substituents is 1. The van der Waals surface area contributed by atoms with Crippen LogP contribution in [-0.4, -0.2) is 18.0 Å². The van der Waals surface area contributed by atoms with E-state index in [0.717, 1.165) is 5.57 Å². The molecular weight excluding hydrogens is 298 g/mol. The van der Waals surface area contributed by atoms with Gasteiger partial charge in [0.1, 0.15) is 5.75 Å². The second kappa shape index (κ2) is 6.02. The molecule has 1 aliphatic carbocycles. The molecule has 124 valence electrons. The van der Waals surface area contributed by atoms with Crippen LogP contribution in [0.2, 0.25) is 0 Å². The molecule has 0 spiro atoms. The maximum absolute atomic E-state index is 12.4. The van der Waals surface area contributed by atoms with E-state index in [0.29, 0.717) is 5.75 Å². The number of hydrogen-bond donors (Lipinski definition) is 0. The third-order valence-electron chi connectivity index (χ3n) is 4.25. The van der Waals surface area contributed by atoms with Gasteiger partial charge in [0.15, 0.2) is 0 Å². The molecule has 0 bridgehead atoms. The zero-order chi connectivity index (χ0) is 17.4. The highest BCUT2D eigenvalue weighted by atomic mass is 16.6.